The molecule has 0 spiro atoms. The molecule has 0 saturated carbocycles. The number of carbonyl (C=O) groups excluding carboxylic acids is 1. The van der Waals surface area contributed by atoms with Crippen molar-refractivity contribution in [1.29, 1.82) is 0 Å². The SMILES string of the molecule is O=C(CSc1nnc(-c2ccccc2)n1-c1ccccc1)Nc1cc([N+](=O)[O-])ccc1F. The molecule has 0 aliphatic carbocycles. The van der Waals surface area contributed by atoms with Crippen LogP contribution in [0.1, 0.15) is 0 Å². The van der Waals surface area contributed by atoms with Gasteiger partial charge in [0.25, 0.3) is 5.69 Å². The van der Waals surface area contributed by atoms with Gasteiger partial charge in [-0.25, -0.2) is 4.39 Å². The van der Waals surface area contributed by atoms with Gasteiger partial charge in [0, 0.05) is 23.4 Å². The Morgan fingerprint density at radius 1 is 1.03 bits per heavy atom. The third-order valence-electron chi connectivity index (χ3n) is 4.45. The summed E-state index contributed by atoms with van der Waals surface area (Å²) in [5.74, 6) is -0.766. The second kappa shape index (κ2) is 9.40. The molecule has 0 aliphatic rings. The lowest BCUT2D eigenvalue weighted by molar-refractivity contribution is -0.384. The van der Waals surface area contributed by atoms with Crippen molar-refractivity contribution in [3.8, 4) is 17.1 Å². The molecule has 8 nitrogen and oxygen atoms in total. The predicted molar refractivity (Wildman–Crippen MR) is 119 cm³/mol. The summed E-state index contributed by atoms with van der Waals surface area (Å²) in [4.78, 5) is 22.7. The fourth-order valence-electron chi connectivity index (χ4n) is 2.99. The lowest BCUT2D eigenvalue weighted by Crippen LogP contribution is -2.15. The van der Waals surface area contributed by atoms with Crippen LogP contribution in [0.3, 0.4) is 0 Å². The van der Waals surface area contributed by atoms with Crippen LogP contribution in [0.5, 0.6) is 0 Å². The average Bonchev–Trinajstić information content (AvgIpc) is 3.24. The maximum Gasteiger partial charge on any atom is 0.271 e. The summed E-state index contributed by atoms with van der Waals surface area (Å²) in [6.07, 6.45) is 0. The number of amides is 1. The minimum Gasteiger partial charge on any atom is -0.323 e. The number of aromatic nitrogens is 3. The summed E-state index contributed by atoms with van der Waals surface area (Å²) in [5, 5.41) is 22.3. The first-order chi connectivity index (χ1) is 15.5. The number of hydrogen-bond donors (Lipinski definition) is 1. The van der Waals surface area contributed by atoms with Crippen molar-refractivity contribution >= 4 is 29.0 Å². The zero-order valence-corrected chi connectivity index (χ0v) is 17.3. The first kappa shape index (κ1) is 21.2. The second-order valence-corrected chi connectivity index (χ2v) is 7.54. The van der Waals surface area contributed by atoms with Crippen LogP contribution in [0, 0.1) is 15.9 Å². The highest BCUT2D eigenvalue weighted by Crippen LogP contribution is 2.28. The van der Waals surface area contributed by atoms with Crippen LogP contribution in [0.25, 0.3) is 17.1 Å². The number of nitro groups is 1. The van der Waals surface area contributed by atoms with Crippen molar-refractivity contribution in [2.24, 2.45) is 0 Å². The Bertz CT molecular complexity index is 1270. The van der Waals surface area contributed by atoms with Crippen molar-refractivity contribution in [3.63, 3.8) is 0 Å². The fourth-order valence-corrected chi connectivity index (χ4v) is 3.74. The van der Waals surface area contributed by atoms with Crippen molar-refractivity contribution in [2.45, 2.75) is 5.16 Å². The molecule has 0 fully saturated rings. The number of nitro benzene ring substituents is 1. The van der Waals surface area contributed by atoms with Gasteiger partial charge in [-0.15, -0.1) is 10.2 Å². The van der Waals surface area contributed by atoms with E-state index in [-0.39, 0.29) is 17.1 Å². The van der Waals surface area contributed by atoms with E-state index in [1.54, 1.807) is 0 Å². The quantitative estimate of drug-likeness (QED) is 0.249. The van der Waals surface area contributed by atoms with Gasteiger partial charge in [-0.1, -0.05) is 60.3 Å². The van der Waals surface area contributed by atoms with Crippen LogP contribution in [-0.4, -0.2) is 31.3 Å². The first-order valence-electron chi connectivity index (χ1n) is 9.46. The molecule has 1 heterocycles. The molecule has 0 radical (unpaired) electrons. The molecule has 10 heteroatoms. The highest BCUT2D eigenvalue weighted by Gasteiger charge is 2.18. The number of nitrogens with one attached hydrogen (secondary N) is 1. The molecule has 3 aromatic carbocycles. The summed E-state index contributed by atoms with van der Waals surface area (Å²) >= 11 is 1.12. The van der Waals surface area contributed by atoms with Crippen LogP contribution in [-0.2, 0) is 4.79 Å². The third-order valence-corrected chi connectivity index (χ3v) is 5.38. The lowest BCUT2D eigenvalue weighted by Gasteiger charge is -2.10. The summed E-state index contributed by atoms with van der Waals surface area (Å²) in [6, 6.07) is 21.9. The molecule has 0 atom stereocenters. The molecule has 1 amide bonds. The highest BCUT2D eigenvalue weighted by atomic mass is 32.2. The number of non-ortho nitro benzene ring substituents is 1. The number of hydrogen-bond acceptors (Lipinski definition) is 6. The van der Waals surface area contributed by atoms with Crippen LogP contribution < -0.4 is 5.32 Å². The number of carbonyl (C=O) groups is 1. The Kier molecular flexibility index (Phi) is 6.22. The first-order valence-corrected chi connectivity index (χ1v) is 10.4. The normalized spacial score (nSPS) is 10.7. The average molecular weight is 449 g/mol. The predicted octanol–water partition coefficient (Wildman–Crippen LogP) is 4.71. The summed E-state index contributed by atoms with van der Waals surface area (Å²) in [7, 11) is 0. The van der Waals surface area contributed by atoms with Crippen LogP contribution in [0.4, 0.5) is 15.8 Å². The van der Waals surface area contributed by atoms with E-state index < -0.39 is 16.6 Å². The van der Waals surface area contributed by atoms with Crippen LogP contribution in [0.15, 0.2) is 84.0 Å². The van der Waals surface area contributed by atoms with Crippen LogP contribution >= 0.6 is 11.8 Å². The number of rotatable bonds is 7. The largest absolute Gasteiger partial charge is 0.323 e. The van der Waals surface area contributed by atoms with Gasteiger partial charge in [-0.2, -0.15) is 0 Å². The van der Waals surface area contributed by atoms with Crippen molar-refractivity contribution < 1.29 is 14.1 Å². The zero-order chi connectivity index (χ0) is 22.5. The van der Waals surface area contributed by atoms with Crippen molar-refractivity contribution in [3.05, 3.63) is 94.8 Å². The van der Waals surface area contributed by atoms with E-state index in [4.69, 9.17) is 0 Å². The van der Waals surface area contributed by atoms with E-state index in [1.807, 2.05) is 65.2 Å². The molecule has 0 aliphatic heterocycles. The standard InChI is InChI=1S/C22H16FN5O3S/c23-18-12-11-17(28(30)31)13-19(18)24-20(29)14-32-22-26-25-21(15-7-3-1-4-8-15)27(22)16-9-5-2-6-10-16/h1-13H,14H2,(H,24,29). The van der Waals surface area contributed by atoms with Gasteiger partial charge < -0.3 is 5.32 Å². The Balaban J connectivity index is 1.56. The number of thioether (sulfide) groups is 1. The van der Waals surface area contributed by atoms with E-state index in [1.165, 1.54) is 0 Å². The smallest absolute Gasteiger partial charge is 0.271 e. The molecule has 4 aromatic rings. The fraction of sp³-hybridized carbons (Fsp3) is 0.0455. The highest BCUT2D eigenvalue weighted by molar-refractivity contribution is 7.99. The monoisotopic (exact) mass is 449 g/mol. The summed E-state index contributed by atoms with van der Waals surface area (Å²) in [6.45, 7) is 0. The maximum atomic E-state index is 14.0. The van der Waals surface area contributed by atoms with Gasteiger partial charge >= 0.3 is 0 Å². The number of benzene rings is 3. The third kappa shape index (κ3) is 4.65. The van der Waals surface area contributed by atoms with Crippen molar-refractivity contribution in [1.82, 2.24) is 14.8 Å². The number of halogens is 1. The van der Waals surface area contributed by atoms with Gasteiger partial charge in [-0.3, -0.25) is 19.5 Å². The minimum atomic E-state index is -0.757. The minimum absolute atomic E-state index is 0.0953. The second-order valence-electron chi connectivity index (χ2n) is 6.60. The topological polar surface area (TPSA) is 103 Å². The number of nitrogens with zero attached hydrogens (tertiary/aromatic N) is 4. The van der Waals surface area contributed by atoms with Gasteiger partial charge in [0.05, 0.1) is 16.4 Å². The Morgan fingerprint density at radius 3 is 2.41 bits per heavy atom. The molecule has 4 rings (SSSR count). The Morgan fingerprint density at radius 2 is 1.72 bits per heavy atom. The van der Waals surface area contributed by atoms with Crippen molar-refractivity contribution in [2.75, 3.05) is 11.1 Å². The number of para-hydroxylation sites is 1. The van der Waals surface area contributed by atoms with E-state index in [2.05, 4.69) is 15.5 Å². The molecule has 160 valence electrons. The maximum absolute atomic E-state index is 14.0. The molecular formula is C22H16FN5O3S. The Labute approximate surface area is 186 Å². The molecule has 0 saturated heterocycles. The Hall–Kier alpha value is -4.05. The van der Waals surface area contributed by atoms with Gasteiger partial charge in [0.1, 0.15) is 5.82 Å². The summed E-state index contributed by atoms with van der Waals surface area (Å²) in [5.41, 5.74) is 1.12. The van der Waals surface area contributed by atoms with Gasteiger partial charge in [0.15, 0.2) is 11.0 Å². The number of anilines is 1. The van der Waals surface area contributed by atoms with E-state index in [0.717, 1.165) is 41.2 Å². The molecule has 0 unspecified atom stereocenters. The molecule has 0 bridgehead atoms. The van der Waals surface area contributed by atoms with Gasteiger partial charge in [0.2, 0.25) is 5.91 Å². The van der Waals surface area contributed by atoms with E-state index in [9.17, 15) is 19.3 Å². The molecule has 32 heavy (non-hydrogen) atoms. The summed E-state index contributed by atoms with van der Waals surface area (Å²) < 4.78 is 15.8. The molecular weight excluding hydrogens is 433 g/mol. The van der Waals surface area contributed by atoms with Crippen LogP contribution in [0.2, 0.25) is 0 Å². The molecule has 1 aromatic heterocycles. The zero-order valence-electron chi connectivity index (χ0n) is 16.5. The van der Waals surface area contributed by atoms with Gasteiger partial charge in [-0.05, 0) is 18.2 Å². The molecule has 1 N–H and O–H groups in total. The van der Waals surface area contributed by atoms with E-state index in [0.29, 0.717) is 11.0 Å². The van der Waals surface area contributed by atoms with E-state index >= 15 is 0 Å². The lowest BCUT2D eigenvalue weighted by atomic mass is 10.2.